The number of carbonyl (C=O) groups excluding carboxylic acids is 1. The Balaban J connectivity index is 2.58. The Morgan fingerprint density at radius 2 is 1.84 bits per heavy atom. The van der Waals surface area contributed by atoms with Crippen LogP contribution in [-0.2, 0) is 33.2 Å². The van der Waals surface area contributed by atoms with Crippen molar-refractivity contribution in [3.05, 3.63) is 58.9 Å². The molecule has 2 rings (SSSR count). The van der Waals surface area contributed by atoms with Gasteiger partial charge in [-0.05, 0) is 51.2 Å². The average molecular weight is 619 g/mol. The molecule has 0 amide bonds. The van der Waals surface area contributed by atoms with E-state index in [1.807, 2.05) is 65.0 Å². The molecule has 2 aliphatic heterocycles. The molecule has 0 aliphatic carbocycles. The van der Waals surface area contributed by atoms with Crippen molar-refractivity contribution in [1.82, 2.24) is 0 Å². The van der Waals surface area contributed by atoms with Gasteiger partial charge in [0.25, 0.3) is 0 Å². The fourth-order valence-corrected chi connectivity index (χ4v) is 6.50. The number of aliphatic hydroxyl groups excluding tert-OH is 1. The summed E-state index contributed by atoms with van der Waals surface area (Å²) in [4.78, 5) is 13.5. The first-order chi connectivity index (χ1) is 20.8. The summed E-state index contributed by atoms with van der Waals surface area (Å²) in [5.74, 6) is -1.65. The molecule has 0 saturated carbocycles. The fraction of sp³-hybridized carbons (Fsp3) is 0.694. The number of methoxy groups -OCH3 is 4. The highest BCUT2D eigenvalue weighted by atomic mass is 16.7. The highest BCUT2D eigenvalue weighted by Gasteiger charge is 2.47. The van der Waals surface area contributed by atoms with Crippen LogP contribution in [0.25, 0.3) is 0 Å². The van der Waals surface area contributed by atoms with Crippen LogP contribution in [0.3, 0.4) is 0 Å². The van der Waals surface area contributed by atoms with Gasteiger partial charge in [0.15, 0.2) is 5.79 Å². The van der Waals surface area contributed by atoms with Crippen molar-refractivity contribution in [3.63, 3.8) is 0 Å². The topological polar surface area (TPSA) is 92.7 Å². The molecule has 8 nitrogen and oxygen atoms in total. The number of carbonyl (C=O) groups is 1. The largest absolute Gasteiger partial charge is 0.490 e. The summed E-state index contributed by atoms with van der Waals surface area (Å²) in [6.07, 6.45) is 11.8. The lowest BCUT2D eigenvalue weighted by Crippen LogP contribution is -2.53. The summed E-state index contributed by atoms with van der Waals surface area (Å²) in [5.41, 5.74) is 2.80. The monoisotopic (exact) mass is 618 g/mol. The average Bonchev–Trinajstić information content (AvgIpc) is 2.99. The Morgan fingerprint density at radius 1 is 1.16 bits per heavy atom. The van der Waals surface area contributed by atoms with Crippen molar-refractivity contribution >= 4 is 5.97 Å². The summed E-state index contributed by atoms with van der Waals surface area (Å²) in [6, 6.07) is 0. The Bertz CT molecular complexity index is 1070. The number of hydrogen-bond donors (Lipinski definition) is 1. The normalized spacial score (nSPS) is 40.0. The van der Waals surface area contributed by atoms with E-state index in [-0.39, 0.29) is 41.6 Å². The van der Waals surface area contributed by atoms with Crippen molar-refractivity contribution < 1.29 is 38.3 Å². The van der Waals surface area contributed by atoms with Gasteiger partial charge >= 0.3 is 5.97 Å². The van der Waals surface area contributed by atoms with E-state index in [1.165, 1.54) is 7.11 Å². The van der Waals surface area contributed by atoms with Gasteiger partial charge in [-0.1, -0.05) is 76.1 Å². The molecule has 1 N–H and O–H groups in total. The summed E-state index contributed by atoms with van der Waals surface area (Å²) < 4.78 is 36.1. The number of hydrogen-bond acceptors (Lipinski definition) is 8. The van der Waals surface area contributed by atoms with Gasteiger partial charge in [0, 0.05) is 45.5 Å². The van der Waals surface area contributed by atoms with Crippen LogP contribution in [0.15, 0.2) is 58.9 Å². The van der Waals surface area contributed by atoms with Crippen LogP contribution in [0, 0.1) is 23.7 Å². The predicted octanol–water partition coefficient (Wildman–Crippen LogP) is 6.70. The molecule has 0 bridgehead atoms. The lowest BCUT2D eigenvalue weighted by Gasteiger charge is -2.47. The van der Waals surface area contributed by atoms with E-state index in [0.717, 1.165) is 29.6 Å². The van der Waals surface area contributed by atoms with Gasteiger partial charge in [0.2, 0.25) is 5.76 Å². The molecule has 250 valence electrons. The van der Waals surface area contributed by atoms with Crippen molar-refractivity contribution in [2.24, 2.45) is 23.7 Å². The number of ether oxygens (including phenoxy) is 6. The van der Waals surface area contributed by atoms with Gasteiger partial charge in [-0.25, -0.2) is 4.79 Å². The maximum atomic E-state index is 13.5. The molecule has 1 saturated heterocycles. The van der Waals surface area contributed by atoms with Gasteiger partial charge in [-0.15, -0.1) is 0 Å². The van der Waals surface area contributed by atoms with E-state index in [4.69, 9.17) is 28.4 Å². The second-order valence-corrected chi connectivity index (χ2v) is 12.7. The molecule has 44 heavy (non-hydrogen) atoms. The van der Waals surface area contributed by atoms with E-state index in [9.17, 15) is 9.90 Å². The first-order valence-corrected chi connectivity index (χ1v) is 15.9. The van der Waals surface area contributed by atoms with E-state index in [2.05, 4.69) is 20.8 Å². The lowest BCUT2D eigenvalue weighted by atomic mass is 9.83. The second-order valence-electron chi connectivity index (χ2n) is 12.7. The summed E-state index contributed by atoms with van der Waals surface area (Å²) in [6.45, 7) is 16.2. The molecular weight excluding hydrogens is 560 g/mol. The van der Waals surface area contributed by atoms with Crippen LogP contribution in [0.4, 0.5) is 0 Å². The second kappa shape index (κ2) is 17.5. The quantitative estimate of drug-likeness (QED) is 0.237. The summed E-state index contributed by atoms with van der Waals surface area (Å²) in [7, 11) is 6.44. The van der Waals surface area contributed by atoms with E-state index < -0.39 is 30.1 Å². The van der Waals surface area contributed by atoms with Crippen molar-refractivity contribution in [2.45, 2.75) is 111 Å². The van der Waals surface area contributed by atoms with Crippen LogP contribution in [-0.4, -0.2) is 75.8 Å². The predicted molar refractivity (Wildman–Crippen MR) is 174 cm³/mol. The fourth-order valence-electron chi connectivity index (χ4n) is 6.50. The molecule has 0 radical (unpaired) electrons. The van der Waals surface area contributed by atoms with Gasteiger partial charge in [0.1, 0.15) is 12.2 Å². The van der Waals surface area contributed by atoms with Gasteiger partial charge < -0.3 is 33.5 Å². The number of aliphatic hydroxyl groups is 1. The van der Waals surface area contributed by atoms with Crippen molar-refractivity contribution in [1.29, 1.82) is 0 Å². The third kappa shape index (κ3) is 9.63. The van der Waals surface area contributed by atoms with E-state index in [0.29, 0.717) is 6.42 Å². The minimum atomic E-state index is -0.972. The summed E-state index contributed by atoms with van der Waals surface area (Å²) in [5, 5.41) is 10.9. The zero-order chi connectivity index (χ0) is 33.2. The third-order valence-corrected chi connectivity index (χ3v) is 9.24. The minimum Gasteiger partial charge on any atom is -0.490 e. The molecule has 0 unspecified atom stereocenters. The molecule has 0 spiro atoms. The maximum absolute atomic E-state index is 13.5. The molecule has 8 heteroatoms. The van der Waals surface area contributed by atoms with Crippen LogP contribution in [0.5, 0.6) is 0 Å². The van der Waals surface area contributed by atoms with Crippen LogP contribution in [0.1, 0.15) is 74.7 Å². The molecule has 1 fully saturated rings. The highest BCUT2D eigenvalue weighted by Crippen LogP contribution is 2.41. The van der Waals surface area contributed by atoms with Crippen LogP contribution >= 0.6 is 0 Å². The molecular formula is C36H58O8. The molecule has 10 atom stereocenters. The Kier molecular flexibility index (Phi) is 15.1. The van der Waals surface area contributed by atoms with E-state index in [1.54, 1.807) is 27.4 Å². The molecule has 0 aromatic carbocycles. The maximum Gasteiger partial charge on any atom is 0.373 e. The molecule has 2 aliphatic rings. The van der Waals surface area contributed by atoms with Crippen molar-refractivity contribution in [2.75, 3.05) is 28.4 Å². The Hall–Kier alpha value is -2.23. The standard InChI is InChI=1S/C36H58O8/c1-13-29-28(8)32(41-11)21-36(42-12,44-29)27(7)20-26(6)34-30(39-9)16-14-15-22(2)17-24(4)33(37)25(5)18-23(3)19-31(40-10)35(38)43-34/h14-16,18-20,24-26,28-30,32-34,37H,13,17,21H2,1-12H3/b16-14+,22-15+,23-18+,27-20+,31-19-/t24-,25-,26+,28-,29-,30-,32-,33+,34-,36-/m0/s1. The van der Waals surface area contributed by atoms with Crippen LogP contribution in [0.2, 0.25) is 0 Å². The molecule has 2 heterocycles. The van der Waals surface area contributed by atoms with Gasteiger partial charge in [-0.2, -0.15) is 0 Å². The third-order valence-electron chi connectivity index (χ3n) is 9.24. The molecule has 0 aromatic rings. The number of esters is 1. The van der Waals surface area contributed by atoms with E-state index >= 15 is 0 Å². The SMILES string of the molecule is CC[C@@H]1O[C@](OC)(/C(C)=C/[C@@H](C)[C@@H]2OC(=O)/C(OC)=C/C(C)=C/[C@H](C)[C@H](O)[C@@H](C)C/C(C)=C/C=C/[C@@H]2OC)C[C@H](OC)[C@H]1C. The van der Waals surface area contributed by atoms with Gasteiger partial charge in [-0.3, -0.25) is 0 Å². The number of cyclic esters (lactones) is 1. The smallest absolute Gasteiger partial charge is 0.373 e. The zero-order valence-electron chi connectivity index (χ0n) is 29.1. The zero-order valence-corrected chi connectivity index (χ0v) is 29.1. The summed E-state index contributed by atoms with van der Waals surface area (Å²) >= 11 is 0. The first-order valence-electron chi connectivity index (χ1n) is 15.9. The van der Waals surface area contributed by atoms with Crippen molar-refractivity contribution in [3.8, 4) is 0 Å². The Labute approximate surface area is 266 Å². The highest BCUT2D eigenvalue weighted by molar-refractivity contribution is 5.87. The number of allylic oxidation sites excluding steroid dienone is 5. The minimum absolute atomic E-state index is 0.0327. The van der Waals surface area contributed by atoms with Crippen LogP contribution < -0.4 is 0 Å². The molecule has 0 aromatic heterocycles. The number of rotatable bonds is 8. The lowest BCUT2D eigenvalue weighted by molar-refractivity contribution is -0.282. The Morgan fingerprint density at radius 3 is 2.41 bits per heavy atom. The first kappa shape index (κ1) is 38.0. The van der Waals surface area contributed by atoms with Gasteiger partial charge in [0.05, 0.1) is 25.4 Å².